The van der Waals surface area contributed by atoms with Crippen molar-refractivity contribution in [2.24, 2.45) is 0 Å². The van der Waals surface area contributed by atoms with Gasteiger partial charge in [0.2, 0.25) is 5.91 Å². The van der Waals surface area contributed by atoms with E-state index >= 15 is 0 Å². The van der Waals surface area contributed by atoms with E-state index in [-0.39, 0.29) is 24.5 Å². The third kappa shape index (κ3) is 6.35. The Morgan fingerprint density at radius 1 is 1.00 bits per heavy atom. The van der Waals surface area contributed by atoms with Crippen LogP contribution in [0.15, 0.2) is 72.1 Å². The number of thiophene rings is 1. The number of rotatable bonds is 10. The average Bonchev–Trinajstić information content (AvgIpc) is 3.54. The Labute approximate surface area is 198 Å². The molecule has 3 amide bonds. The molecule has 1 fully saturated rings. The number of anilines is 1. The summed E-state index contributed by atoms with van der Waals surface area (Å²) >= 11 is 1.63. The number of benzene rings is 2. The molecule has 33 heavy (non-hydrogen) atoms. The molecule has 3 aromatic rings. The van der Waals surface area contributed by atoms with Crippen molar-refractivity contribution >= 4 is 29.0 Å². The fourth-order valence-electron chi connectivity index (χ4n) is 3.66. The van der Waals surface area contributed by atoms with Crippen molar-refractivity contribution in [3.05, 3.63) is 82.6 Å². The third-order valence-electron chi connectivity index (χ3n) is 5.48. The fourth-order valence-corrected chi connectivity index (χ4v) is 4.38. The largest absolute Gasteiger partial charge is 0.492 e. The number of carbonyl (C=O) groups excluding carboxylic acids is 2. The van der Waals surface area contributed by atoms with Gasteiger partial charge < -0.3 is 19.9 Å². The number of nitrogens with zero attached hydrogens (tertiary/aromatic N) is 2. The summed E-state index contributed by atoms with van der Waals surface area (Å²) in [5, 5.41) is 4.96. The molecule has 1 saturated carbocycles. The van der Waals surface area contributed by atoms with Crippen molar-refractivity contribution in [3.8, 4) is 5.75 Å². The van der Waals surface area contributed by atoms with Crippen molar-refractivity contribution in [3.63, 3.8) is 0 Å². The van der Waals surface area contributed by atoms with Gasteiger partial charge in [-0.05, 0) is 48.9 Å². The maximum Gasteiger partial charge on any atom is 0.322 e. The van der Waals surface area contributed by atoms with Gasteiger partial charge in [0.15, 0.2) is 0 Å². The predicted octanol–water partition coefficient (Wildman–Crippen LogP) is 5.37. The molecule has 172 valence electrons. The molecule has 1 N–H and O–H groups in total. The first-order valence-corrected chi connectivity index (χ1v) is 12.2. The van der Waals surface area contributed by atoms with Crippen molar-refractivity contribution in [1.82, 2.24) is 9.80 Å². The average molecular weight is 464 g/mol. The quantitative estimate of drug-likeness (QED) is 0.440. The van der Waals surface area contributed by atoms with Gasteiger partial charge in [0.1, 0.15) is 12.3 Å². The van der Waals surface area contributed by atoms with E-state index in [1.54, 1.807) is 16.2 Å². The number of ether oxygens (including phenoxy) is 1. The third-order valence-corrected chi connectivity index (χ3v) is 6.34. The predicted molar refractivity (Wildman–Crippen MR) is 131 cm³/mol. The van der Waals surface area contributed by atoms with Gasteiger partial charge in [-0.2, -0.15) is 0 Å². The molecule has 1 aliphatic carbocycles. The molecule has 6 nitrogen and oxygen atoms in total. The minimum absolute atomic E-state index is 0.0471. The van der Waals surface area contributed by atoms with Gasteiger partial charge in [-0.1, -0.05) is 48.5 Å². The van der Waals surface area contributed by atoms with Crippen LogP contribution in [0.5, 0.6) is 5.75 Å². The lowest BCUT2D eigenvalue weighted by Gasteiger charge is -2.28. The molecule has 7 heteroatoms. The molecule has 0 unspecified atom stereocenters. The van der Waals surface area contributed by atoms with Crippen LogP contribution >= 0.6 is 11.3 Å². The summed E-state index contributed by atoms with van der Waals surface area (Å²) in [5.74, 6) is 0.561. The van der Waals surface area contributed by atoms with Gasteiger partial charge in [-0.25, -0.2) is 4.79 Å². The monoisotopic (exact) mass is 463 g/mol. The molecule has 0 saturated heterocycles. The van der Waals surface area contributed by atoms with Crippen molar-refractivity contribution < 1.29 is 14.3 Å². The first-order valence-electron chi connectivity index (χ1n) is 11.3. The smallest absolute Gasteiger partial charge is 0.322 e. The van der Waals surface area contributed by atoms with E-state index in [1.807, 2.05) is 83.9 Å². The molecular formula is C26H29N3O3S. The van der Waals surface area contributed by atoms with E-state index in [2.05, 4.69) is 5.32 Å². The molecule has 0 radical (unpaired) electrons. The van der Waals surface area contributed by atoms with Gasteiger partial charge in [0.05, 0.1) is 18.8 Å². The second-order valence-corrected chi connectivity index (χ2v) is 9.07. The van der Waals surface area contributed by atoms with Crippen LogP contribution in [0.3, 0.4) is 0 Å². The molecule has 0 aliphatic heterocycles. The normalized spacial score (nSPS) is 12.8. The number of urea groups is 1. The molecule has 4 rings (SSSR count). The lowest BCUT2D eigenvalue weighted by molar-refractivity contribution is -0.133. The minimum Gasteiger partial charge on any atom is -0.492 e. The van der Waals surface area contributed by atoms with E-state index in [4.69, 9.17) is 4.74 Å². The lowest BCUT2D eigenvalue weighted by Crippen LogP contribution is -2.45. The number of para-hydroxylation sites is 2. The van der Waals surface area contributed by atoms with Crippen molar-refractivity contribution in [2.75, 3.05) is 18.5 Å². The fraction of sp³-hybridized carbons (Fsp3) is 0.308. The molecule has 0 bridgehead atoms. The second-order valence-electron chi connectivity index (χ2n) is 8.03. The van der Waals surface area contributed by atoms with E-state index in [9.17, 15) is 9.59 Å². The summed E-state index contributed by atoms with van der Waals surface area (Å²) in [6, 6.07) is 21.2. The van der Waals surface area contributed by atoms with E-state index in [0.29, 0.717) is 31.1 Å². The summed E-state index contributed by atoms with van der Waals surface area (Å²) in [7, 11) is 0. The lowest BCUT2D eigenvalue weighted by atomic mass is 10.2. The molecule has 1 aliphatic rings. The highest BCUT2D eigenvalue weighted by Crippen LogP contribution is 2.29. The van der Waals surface area contributed by atoms with Gasteiger partial charge >= 0.3 is 6.03 Å². The Kier molecular flexibility index (Phi) is 7.62. The standard InChI is InChI=1S/C26H29N3O3S/c1-2-32-24-13-7-6-12-23(24)27-26(31)29(21-14-15-21)19-25(30)28(18-22-11-8-16-33-22)17-20-9-4-3-5-10-20/h3-13,16,21H,2,14-15,17-19H2,1H3,(H,27,31). The Morgan fingerprint density at radius 3 is 2.45 bits per heavy atom. The summed E-state index contributed by atoms with van der Waals surface area (Å²) < 4.78 is 5.63. The first kappa shape index (κ1) is 22.9. The Bertz CT molecular complexity index is 1050. The molecule has 0 atom stereocenters. The van der Waals surface area contributed by atoms with Crippen LogP contribution in [0.2, 0.25) is 0 Å². The van der Waals surface area contributed by atoms with E-state index in [0.717, 1.165) is 23.3 Å². The molecule has 0 spiro atoms. The highest BCUT2D eigenvalue weighted by molar-refractivity contribution is 7.09. The van der Waals surface area contributed by atoms with Crippen LogP contribution in [0, 0.1) is 0 Å². The van der Waals surface area contributed by atoms with Crippen molar-refractivity contribution in [1.29, 1.82) is 0 Å². The van der Waals surface area contributed by atoms with Crippen LogP contribution in [0.1, 0.15) is 30.2 Å². The van der Waals surface area contributed by atoms with Crippen LogP contribution in [0.25, 0.3) is 0 Å². The van der Waals surface area contributed by atoms with Gasteiger partial charge in [-0.15, -0.1) is 11.3 Å². The second kappa shape index (κ2) is 11.0. The number of nitrogens with one attached hydrogen (secondary N) is 1. The number of hydrogen-bond donors (Lipinski definition) is 1. The molecular weight excluding hydrogens is 434 g/mol. The summed E-state index contributed by atoms with van der Waals surface area (Å²) in [6.45, 7) is 3.49. The van der Waals surface area contributed by atoms with E-state index in [1.165, 1.54) is 0 Å². The summed E-state index contributed by atoms with van der Waals surface area (Å²) in [6.07, 6.45) is 1.83. The van der Waals surface area contributed by atoms with Crippen LogP contribution in [-0.4, -0.2) is 40.9 Å². The SMILES string of the molecule is CCOc1ccccc1NC(=O)N(CC(=O)N(Cc1ccccc1)Cc1cccs1)C1CC1. The highest BCUT2D eigenvalue weighted by atomic mass is 32.1. The maximum absolute atomic E-state index is 13.4. The summed E-state index contributed by atoms with van der Waals surface area (Å²) in [4.78, 5) is 31.2. The maximum atomic E-state index is 13.4. The Morgan fingerprint density at radius 2 is 1.76 bits per heavy atom. The topological polar surface area (TPSA) is 61.9 Å². The molecule has 1 heterocycles. The minimum atomic E-state index is -0.270. The van der Waals surface area contributed by atoms with Gasteiger partial charge in [0.25, 0.3) is 0 Å². The van der Waals surface area contributed by atoms with E-state index < -0.39 is 0 Å². The molecule has 2 aromatic carbocycles. The zero-order chi connectivity index (χ0) is 23.0. The van der Waals surface area contributed by atoms with Crippen LogP contribution < -0.4 is 10.1 Å². The first-order chi connectivity index (χ1) is 16.1. The Hall–Kier alpha value is -3.32. The number of carbonyl (C=O) groups is 2. The summed E-state index contributed by atoms with van der Waals surface area (Å²) in [5.41, 5.74) is 1.68. The van der Waals surface area contributed by atoms with Gasteiger partial charge in [0, 0.05) is 17.5 Å². The zero-order valence-electron chi connectivity index (χ0n) is 18.8. The number of amides is 3. The Balaban J connectivity index is 1.48. The van der Waals surface area contributed by atoms with Crippen LogP contribution in [0.4, 0.5) is 10.5 Å². The molecule has 1 aromatic heterocycles. The zero-order valence-corrected chi connectivity index (χ0v) is 19.6. The van der Waals surface area contributed by atoms with Crippen molar-refractivity contribution in [2.45, 2.75) is 38.9 Å². The highest BCUT2D eigenvalue weighted by Gasteiger charge is 2.35. The van der Waals surface area contributed by atoms with Gasteiger partial charge in [-0.3, -0.25) is 4.79 Å². The van der Waals surface area contributed by atoms with Crippen LogP contribution in [-0.2, 0) is 17.9 Å². The number of hydrogen-bond acceptors (Lipinski definition) is 4.